The summed E-state index contributed by atoms with van der Waals surface area (Å²) in [7, 11) is 0. The Balaban J connectivity index is 1.65. The van der Waals surface area contributed by atoms with Crippen molar-refractivity contribution in [1.29, 1.82) is 0 Å². The second-order valence-electron chi connectivity index (χ2n) is 7.81. The lowest BCUT2D eigenvalue weighted by Gasteiger charge is -2.26. The minimum atomic E-state index is 0.0736. The van der Waals surface area contributed by atoms with E-state index in [1.165, 1.54) is 10.9 Å². The lowest BCUT2D eigenvalue weighted by Crippen LogP contribution is -2.40. The number of aromatic nitrogens is 2. The number of hydrogen-bond acceptors (Lipinski definition) is 4. The molecule has 1 amide bonds. The van der Waals surface area contributed by atoms with Gasteiger partial charge in [-0.2, -0.15) is 0 Å². The molecule has 0 N–H and O–H groups in total. The zero-order valence-electron chi connectivity index (χ0n) is 17.6. The zero-order valence-corrected chi connectivity index (χ0v) is 17.6. The van der Waals surface area contributed by atoms with Crippen LogP contribution in [-0.4, -0.2) is 46.8 Å². The predicted molar refractivity (Wildman–Crippen MR) is 117 cm³/mol. The van der Waals surface area contributed by atoms with Gasteiger partial charge in [0, 0.05) is 52.6 Å². The first-order valence-corrected chi connectivity index (χ1v) is 10.4. The standard InChI is InChI=1S/C24H25N3O3/c1-4-27-21-8-6-17(23-15(2)25-30-16(23)3)13-20(21)19-7-5-18(14-22(19)27)24(28)26-9-11-29-12-10-26/h5-8,13-14H,4,9-12H2,1-3H3. The second-order valence-corrected chi connectivity index (χ2v) is 7.81. The second kappa shape index (κ2) is 7.29. The summed E-state index contributed by atoms with van der Waals surface area (Å²) in [6.07, 6.45) is 0. The first kappa shape index (κ1) is 18.9. The predicted octanol–water partition coefficient (Wildman–Crippen LogP) is 4.56. The number of aryl methyl sites for hydroxylation is 3. The molecule has 0 bridgehead atoms. The smallest absolute Gasteiger partial charge is 0.254 e. The molecule has 5 rings (SSSR count). The van der Waals surface area contributed by atoms with Crippen LogP contribution in [0.2, 0.25) is 0 Å². The van der Waals surface area contributed by atoms with E-state index in [9.17, 15) is 4.79 Å². The van der Waals surface area contributed by atoms with E-state index >= 15 is 0 Å². The molecule has 2 aromatic carbocycles. The molecule has 2 aromatic heterocycles. The van der Waals surface area contributed by atoms with Crippen LogP contribution in [0.15, 0.2) is 40.9 Å². The molecule has 1 fully saturated rings. The minimum Gasteiger partial charge on any atom is -0.378 e. The first-order chi connectivity index (χ1) is 14.6. The summed E-state index contributed by atoms with van der Waals surface area (Å²) in [5.41, 5.74) is 6.02. The van der Waals surface area contributed by atoms with E-state index in [0.29, 0.717) is 26.3 Å². The maximum Gasteiger partial charge on any atom is 0.254 e. The van der Waals surface area contributed by atoms with Gasteiger partial charge in [-0.3, -0.25) is 4.79 Å². The number of fused-ring (bicyclic) bond motifs is 3. The van der Waals surface area contributed by atoms with E-state index in [0.717, 1.165) is 45.6 Å². The summed E-state index contributed by atoms with van der Waals surface area (Å²) in [6, 6.07) is 12.5. The number of benzene rings is 2. The Labute approximate surface area is 175 Å². The number of hydrogen-bond donors (Lipinski definition) is 0. The number of carbonyl (C=O) groups is 1. The van der Waals surface area contributed by atoms with E-state index in [1.807, 2.05) is 30.9 Å². The molecule has 4 aromatic rings. The van der Waals surface area contributed by atoms with Crippen LogP contribution in [0.4, 0.5) is 0 Å². The van der Waals surface area contributed by atoms with Crippen LogP contribution in [-0.2, 0) is 11.3 Å². The summed E-state index contributed by atoms with van der Waals surface area (Å²) in [4.78, 5) is 14.9. The highest BCUT2D eigenvalue weighted by atomic mass is 16.5. The van der Waals surface area contributed by atoms with Crippen molar-refractivity contribution in [1.82, 2.24) is 14.6 Å². The SMILES string of the molecule is CCn1c2ccc(-c3c(C)noc3C)cc2c2ccc(C(=O)N3CCOCC3)cc21. The van der Waals surface area contributed by atoms with Gasteiger partial charge in [0.05, 0.1) is 18.9 Å². The molecule has 1 aliphatic heterocycles. The lowest BCUT2D eigenvalue weighted by atomic mass is 10.0. The van der Waals surface area contributed by atoms with Gasteiger partial charge in [-0.15, -0.1) is 0 Å². The maximum atomic E-state index is 13.0. The highest BCUT2D eigenvalue weighted by molar-refractivity contribution is 6.11. The van der Waals surface area contributed by atoms with Crippen LogP contribution < -0.4 is 0 Å². The Morgan fingerprint density at radius 3 is 2.53 bits per heavy atom. The van der Waals surface area contributed by atoms with Crippen LogP contribution in [0.25, 0.3) is 32.9 Å². The summed E-state index contributed by atoms with van der Waals surface area (Å²) < 4.78 is 13.0. The number of nitrogens with zero attached hydrogens (tertiary/aromatic N) is 3. The molecular weight excluding hydrogens is 378 g/mol. The van der Waals surface area contributed by atoms with Crippen molar-refractivity contribution in [3.8, 4) is 11.1 Å². The molecule has 0 atom stereocenters. The third-order valence-corrected chi connectivity index (χ3v) is 6.05. The molecule has 0 aliphatic carbocycles. The molecule has 0 radical (unpaired) electrons. The highest BCUT2D eigenvalue weighted by Gasteiger charge is 2.21. The van der Waals surface area contributed by atoms with Crippen molar-refractivity contribution in [3.63, 3.8) is 0 Å². The minimum absolute atomic E-state index is 0.0736. The molecule has 6 nitrogen and oxygen atoms in total. The fourth-order valence-electron chi connectivity index (χ4n) is 4.57. The average Bonchev–Trinajstić information content (AvgIpc) is 3.28. The van der Waals surface area contributed by atoms with Gasteiger partial charge in [0.2, 0.25) is 0 Å². The van der Waals surface area contributed by atoms with E-state index in [2.05, 4.69) is 40.9 Å². The van der Waals surface area contributed by atoms with Crippen molar-refractivity contribution in [2.45, 2.75) is 27.3 Å². The van der Waals surface area contributed by atoms with Crippen LogP contribution in [0.5, 0.6) is 0 Å². The van der Waals surface area contributed by atoms with Crippen molar-refractivity contribution < 1.29 is 14.1 Å². The number of amides is 1. The molecule has 154 valence electrons. The fourth-order valence-corrected chi connectivity index (χ4v) is 4.57. The van der Waals surface area contributed by atoms with Crippen LogP contribution in [0.3, 0.4) is 0 Å². The van der Waals surface area contributed by atoms with E-state index in [-0.39, 0.29) is 5.91 Å². The topological polar surface area (TPSA) is 60.5 Å². The maximum absolute atomic E-state index is 13.0. The van der Waals surface area contributed by atoms with Gasteiger partial charge >= 0.3 is 0 Å². The number of morpholine rings is 1. The third kappa shape index (κ3) is 2.91. The molecule has 6 heteroatoms. The number of carbonyl (C=O) groups excluding carboxylic acids is 1. The Kier molecular flexibility index (Phi) is 4.59. The van der Waals surface area contributed by atoms with Gasteiger partial charge in [-0.1, -0.05) is 17.3 Å². The molecule has 1 saturated heterocycles. The van der Waals surface area contributed by atoms with Crippen LogP contribution >= 0.6 is 0 Å². The molecule has 0 unspecified atom stereocenters. The van der Waals surface area contributed by atoms with Gasteiger partial charge in [-0.25, -0.2) is 0 Å². The summed E-state index contributed by atoms with van der Waals surface area (Å²) in [5.74, 6) is 0.897. The molecule has 1 aliphatic rings. The monoisotopic (exact) mass is 403 g/mol. The summed E-state index contributed by atoms with van der Waals surface area (Å²) in [5, 5.41) is 6.43. The summed E-state index contributed by atoms with van der Waals surface area (Å²) >= 11 is 0. The Bertz CT molecular complexity index is 1240. The normalized spacial score (nSPS) is 14.7. The molecule has 30 heavy (non-hydrogen) atoms. The molecule has 0 spiro atoms. The fraction of sp³-hybridized carbons (Fsp3) is 0.333. The third-order valence-electron chi connectivity index (χ3n) is 6.05. The number of ether oxygens (including phenoxy) is 1. The van der Waals surface area contributed by atoms with Crippen molar-refractivity contribution >= 4 is 27.7 Å². The molecule has 0 saturated carbocycles. The van der Waals surface area contributed by atoms with E-state index in [1.54, 1.807) is 0 Å². The van der Waals surface area contributed by atoms with E-state index in [4.69, 9.17) is 9.26 Å². The summed E-state index contributed by atoms with van der Waals surface area (Å²) in [6.45, 7) is 9.38. The van der Waals surface area contributed by atoms with Gasteiger partial charge in [0.1, 0.15) is 5.76 Å². The largest absolute Gasteiger partial charge is 0.378 e. The Morgan fingerprint density at radius 2 is 1.83 bits per heavy atom. The van der Waals surface area contributed by atoms with Crippen LogP contribution in [0, 0.1) is 13.8 Å². The quantitative estimate of drug-likeness (QED) is 0.503. The Hall–Kier alpha value is -3.12. The van der Waals surface area contributed by atoms with Gasteiger partial charge < -0.3 is 18.7 Å². The van der Waals surface area contributed by atoms with Gasteiger partial charge in [-0.05, 0) is 50.6 Å². The lowest BCUT2D eigenvalue weighted by molar-refractivity contribution is 0.0303. The van der Waals surface area contributed by atoms with Crippen molar-refractivity contribution in [2.24, 2.45) is 0 Å². The van der Waals surface area contributed by atoms with Crippen LogP contribution in [0.1, 0.15) is 28.7 Å². The Morgan fingerprint density at radius 1 is 1.03 bits per heavy atom. The van der Waals surface area contributed by atoms with Crippen molar-refractivity contribution in [3.05, 3.63) is 53.4 Å². The van der Waals surface area contributed by atoms with Gasteiger partial charge in [0.25, 0.3) is 5.91 Å². The average molecular weight is 403 g/mol. The zero-order chi connectivity index (χ0) is 20.8. The number of rotatable bonds is 3. The van der Waals surface area contributed by atoms with Gasteiger partial charge in [0.15, 0.2) is 0 Å². The highest BCUT2D eigenvalue weighted by Crippen LogP contribution is 2.35. The first-order valence-electron chi connectivity index (χ1n) is 10.4. The molecule has 3 heterocycles. The van der Waals surface area contributed by atoms with Crippen molar-refractivity contribution in [2.75, 3.05) is 26.3 Å². The van der Waals surface area contributed by atoms with E-state index < -0.39 is 0 Å². The molecular formula is C24H25N3O3.